The second-order valence-electron chi connectivity index (χ2n) is 3.67. The van der Waals surface area contributed by atoms with E-state index in [1.807, 2.05) is 6.07 Å². The third-order valence-corrected chi connectivity index (χ3v) is 2.52. The first-order chi connectivity index (χ1) is 8.24. The maximum absolute atomic E-state index is 11.5. The van der Waals surface area contributed by atoms with Gasteiger partial charge in [0.1, 0.15) is 6.61 Å². The van der Waals surface area contributed by atoms with E-state index < -0.39 is 6.09 Å². The molecule has 0 aliphatic carbocycles. The Bertz CT molecular complexity index is 510. The van der Waals surface area contributed by atoms with Crippen LogP contribution in [0.1, 0.15) is 5.56 Å². The summed E-state index contributed by atoms with van der Waals surface area (Å²) in [6, 6.07) is 10.7. The highest BCUT2D eigenvalue weighted by atomic mass is 16.6. The van der Waals surface area contributed by atoms with Crippen LogP contribution in [0.5, 0.6) is 0 Å². The van der Waals surface area contributed by atoms with Gasteiger partial charge in [0.2, 0.25) is 0 Å². The van der Waals surface area contributed by atoms with Gasteiger partial charge in [-0.25, -0.2) is 4.79 Å². The maximum Gasteiger partial charge on any atom is 0.414 e. The fraction of sp³-hybridized carbons (Fsp3) is 0.250. The molecule has 1 aromatic rings. The Morgan fingerprint density at radius 3 is 2.59 bits per heavy atom. The van der Waals surface area contributed by atoms with Gasteiger partial charge in [-0.05, 0) is 24.3 Å². The van der Waals surface area contributed by atoms with Crippen molar-refractivity contribution in [1.82, 2.24) is 0 Å². The lowest BCUT2D eigenvalue weighted by Gasteiger charge is -2.29. The number of hydrogen-bond donors (Lipinski definition) is 0. The third-order valence-electron chi connectivity index (χ3n) is 2.52. The van der Waals surface area contributed by atoms with E-state index >= 15 is 0 Å². The summed E-state index contributed by atoms with van der Waals surface area (Å²) in [5.41, 5.74) is 1.16. The number of rotatable bonds is 1. The fourth-order valence-corrected chi connectivity index (χ4v) is 1.60. The van der Waals surface area contributed by atoms with Crippen LogP contribution in [0.3, 0.4) is 0 Å². The molecule has 1 aliphatic rings. The summed E-state index contributed by atoms with van der Waals surface area (Å²) >= 11 is 0. The molecule has 1 fully saturated rings. The van der Waals surface area contributed by atoms with E-state index in [1.165, 1.54) is 4.90 Å². The van der Waals surface area contributed by atoms with Gasteiger partial charge >= 0.3 is 6.09 Å². The summed E-state index contributed by atoms with van der Waals surface area (Å²) in [6.07, 6.45) is -0.457. The molecule has 1 saturated heterocycles. The van der Waals surface area contributed by atoms with Gasteiger partial charge in [0, 0.05) is 12.2 Å². The molecule has 5 nitrogen and oxygen atoms in total. The second-order valence-corrected chi connectivity index (χ2v) is 3.67. The van der Waals surface area contributed by atoms with E-state index in [4.69, 9.17) is 15.3 Å². The number of carbonyl (C=O) groups is 1. The van der Waals surface area contributed by atoms with E-state index in [1.54, 1.807) is 24.3 Å². The molecule has 1 amide bonds. The number of benzene rings is 1. The van der Waals surface area contributed by atoms with Crippen LogP contribution in [-0.4, -0.2) is 19.2 Å². The number of cyclic esters (lactones) is 1. The molecule has 0 aromatic heterocycles. The number of ether oxygens (including phenoxy) is 1. The number of nitrogens with zero attached hydrogens (tertiary/aromatic N) is 3. The van der Waals surface area contributed by atoms with Crippen molar-refractivity contribution >= 4 is 11.8 Å². The molecule has 1 atom stereocenters. The van der Waals surface area contributed by atoms with E-state index in [-0.39, 0.29) is 12.5 Å². The Morgan fingerprint density at radius 1 is 1.29 bits per heavy atom. The predicted molar refractivity (Wildman–Crippen MR) is 59.0 cm³/mol. The van der Waals surface area contributed by atoms with Gasteiger partial charge in [0.15, 0.2) is 0 Å². The van der Waals surface area contributed by atoms with Crippen LogP contribution in [0.25, 0.3) is 0 Å². The summed E-state index contributed by atoms with van der Waals surface area (Å²) < 4.78 is 4.90. The van der Waals surface area contributed by atoms with Crippen LogP contribution < -0.4 is 4.90 Å². The maximum atomic E-state index is 11.5. The minimum absolute atomic E-state index is 0.141. The number of amides is 1. The van der Waals surface area contributed by atoms with Crippen molar-refractivity contribution in [3.05, 3.63) is 29.8 Å². The van der Waals surface area contributed by atoms with E-state index in [2.05, 4.69) is 6.07 Å². The zero-order valence-corrected chi connectivity index (χ0v) is 8.96. The molecule has 0 N–H and O–H groups in total. The third kappa shape index (κ3) is 2.19. The summed E-state index contributed by atoms with van der Waals surface area (Å²) in [5, 5.41) is 17.5. The minimum Gasteiger partial charge on any atom is -0.448 e. The first kappa shape index (κ1) is 11.0. The molecule has 84 valence electrons. The van der Waals surface area contributed by atoms with Crippen LogP contribution in [0.2, 0.25) is 0 Å². The van der Waals surface area contributed by atoms with Gasteiger partial charge in [0.05, 0.1) is 23.6 Å². The summed E-state index contributed by atoms with van der Waals surface area (Å²) in [4.78, 5) is 12.9. The first-order valence-corrected chi connectivity index (χ1v) is 5.08. The van der Waals surface area contributed by atoms with Crippen molar-refractivity contribution in [2.75, 3.05) is 18.1 Å². The van der Waals surface area contributed by atoms with E-state index in [9.17, 15) is 4.79 Å². The van der Waals surface area contributed by atoms with E-state index in [0.29, 0.717) is 17.8 Å². The number of nitriles is 2. The zero-order valence-electron chi connectivity index (χ0n) is 8.96. The van der Waals surface area contributed by atoms with Crippen molar-refractivity contribution in [3.63, 3.8) is 0 Å². The smallest absolute Gasteiger partial charge is 0.414 e. The number of carbonyl (C=O) groups excluding carboxylic acids is 1. The molecule has 1 heterocycles. The Kier molecular flexibility index (Phi) is 2.93. The van der Waals surface area contributed by atoms with Crippen molar-refractivity contribution in [2.24, 2.45) is 5.92 Å². The predicted octanol–water partition coefficient (Wildman–Crippen LogP) is 1.65. The highest BCUT2D eigenvalue weighted by Crippen LogP contribution is 2.21. The lowest BCUT2D eigenvalue weighted by atomic mass is 10.1. The highest BCUT2D eigenvalue weighted by Gasteiger charge is 2.28. The van der Waals surface area contributed by atoms with Gasteiger partial charge < -0.3 is 4.74 Å². The molecular weight excluding hydrogens is 218 g/mol. The zero-order chi connectivity index (χ0) is 12.3. The van der Waals surface area contributed by atoms with Gasteiger partial charge in [0.25, 0.3) is 0 Å². The van der Waals surface area contributed by atoms with E-state index in [0.717, 1.165) is 0 Å². The van der Waals surface area contributed by atoms with Crippen molar-refractivity contribution in [3.8, 4) is 12.1 Å². The molecule has 0 saturated carbocycles. The Labute approximate surface area is 98.4 Å². The molecular formula is C12H9N3O2. The highest BCUT2D eigenvalue weighted by molar-refractivity contribution is 5.88. The number of hydrogen-bond acceptors (Lipinski definition) is 4. The Morgan fingerprint density at radius 2 is 2.00 bits per heavy atom. The first-order valence-electron chi connectivity index (χ1n) is 5.08. The Balaban J connectivity index is 2.22. The van der Waals surface area contributed by atoms with Crippen LogP contribution >= 0.6 is 0 Å². The summed E-state index contributed by atoms with van der Waals surface area (Å²) in [5.74, 6) is -0.316. The van der Waals surface area contributed by atoms with Gasteiger partial charge in [-0.15, -0.1) is 0 Å². The molecule has 1 aliphatic heterocycles. The average molecular weight is 227 g/mol. The van der Waals surface area contributed by atoms with Crippen LogP contribution in [0, 0.1) is 28.6 Å². The fourth-order valence-electron chi connectivity index (χ4n) is 1.60. The number of anilines is 1. The largest absolute Gasteiger partial charge is 0.448 e. The van der Waals surface area contributed by atoms with Gasteiger partial charge in [-0.1, -0.05) is 0 Å². The SMILES string of the molecule is N#Cc1ccc(N2CC(C#N)COC2=O)cc1. The van der Waals surface area contributed by atoms with Crippen LogP contribution in [0.15, 0.2) is 24.3 Å². The molecule has 0 spiro atoms. The van der Waals surface area contributed by atoms with Crippen molar-refractivity contribution in [2.45, 2.75) is 0 Å². The summed E-state index contributed by atoms with van der Waals surface area (Å²) in [7, 11) is 0. The molecule has 1 aromatic carbocycles. The average Bonchev–Trinajstić information content (AvgIpc) is 2.39. The lowest BCUT2D eigenvalue weighted by Crippen LogP contribution is -2.42. The topological polar surface area (TPSA) is 77.1 Å². The Hall–Kier alpha value is -2.53. The van der Waals surface area contributed by atoms with Crippen molar-refractivity contribution < 1.29 is 9.53 Å². The van der Waals surface area contributed by atoms with Crippen molar-refractivity contribution in [1.29, 1.82) is 10.5 Å². The minimum atomic E-state index is -0.457. The standard InChI is InChI=1S/C12H9N3O2/c13-5-9-1-3-11(4-2-9)15-7-10(6-14)8-17-12(15)16/h1-4,10H,7-8H2. The lowest BCUT2D eigenvalue weighted by molar-refractivity contribution is 0.127. The quantitative estimate of drug-likeness (QED) is 0.730. The normalized spacial score (nSPS) is 19.1. The second kappa shape index (κ2) is 4.54. The molecule has 17 heavy (non-hydrogen) atoms. The molecule has 5 heteroatoms. The molecule has 2 rings (SSSR count). The molecule has 1 unspecified atom stereocenters. The van der Waals surface area contributed by atoms with Crippen LogP contribution in [0.4, 0.5) is 10.5 Å². The molecule has 0 radical (unpaired) electrons. The monoisotopic (exact) mass is 227 g/mol. The van der Waals surface area contributed by atoms with Gasteiger partial charge in [-0.3, -0.25) is 4.90 Å². The molecule has 0 bridgehead atoms. The van der Waals surface area contributed by atoms with Crippen LogP contribution in [-0.2, 0) is 4.74 Å². The summed E-state index contributed by atoms with van der Waals surface area (Å²) in [6.45, 7) is 0.462. The van der Waals surface area contributed by atoms with Gasteiger partial charge in [-0.2, -0.15) is 10.5 Å².